The third kappa shape index (κ3) is 3.62. The third-order valence-electron chi connectivity index (χ3n) is 3.63. The zero-order chi connectivity index (χ0) is 13.9. The molecule has 0 heterocycles. The molecule has 0 radical (unpaired) electrons. The van der Waals surface area contributed by atoms with Crippen molar-refractivity contribution in [1.29, 1.82) is 0 Å². The zero-order valence-corrected chi connectivity index (χ0v) is 12.1. The molecule has 5 heteroatoms. The Morgan fingerprint density at radius 3 is 2.58 bits per heavy atom. The van der Waals surface area contributed by atoms with Gasteiger partial charge in [0.15, 0.2) is 0 Å². The number of rotatable bonds is 4. The highest BCUT2D eigenvalue weighted by Gasteiger charge is 2.34. The normalized spacial score (nSPS) is 17.4. The number of benzene rings is 1. The summed E-state index contributed by atoms with van der Waals surface area (Å²) in [7, 11) is 0. The number of hydrogen-bond donors (Lipinski definition) is 2. The number of hydrogen-bond acceptors (Lipinski definition) is 2. The number of carbonyl (C=O) groups excluding carboxylic acids is 1. The lowest BCUT2D eigenvalue weighted by Gasteiger charge is -2.28. The molecule has 1 saturated carbocycles. The molecule has 0 atom stereocenters. The van der Waals surface area contributed by atoms with Gasteiger partial charge in [-0.1, -0.05) is 42.1 Å². The van der Waals surface area contributed by atoms with Crippen LogP contribution in [0.4, 0.5) is 0 Å². The van der Waals surface area contributed by atoms with E-state index in [1.54, 1.807) is 18.2 Å². The highest BCUT2D eigenvalue weighted by atomic mass is 35.5. The van der Waals surface area contributed by atoms with Gasteiger partial charge >= 0.3 is 0 Å². The summed E-state index contributed by atoms with van der Waals surface area (Å²) < 4.78 is 0. The molecule has 0 saturated heterocycles. The summed E-state index contributed by atoms with van der Waals surface area (Å²) in [6.07, 6.45) is 3.97. The minimum Gasteiger partial charge on any atom is -0.394 e. The van der Waals surface area contributed by atoms with Crippen LogP contribution >= 0.6 is 23.2 Å². The van der Waals surface area contributed by atoms with Gasteiger partial charge in [-0.05, 0) is 30.5 Å². The first-order valence-corrected chi connectivity index (χ1v) is 7.16. The second kappa shape index (κ2) is 6.12. The second-order valence-electron chi connectivity index (χ2n) is 5.11. The maximum absolute atomic E-state index is 12.1. The van der Waals surface area contributed by atoms with Crippen molar-refractivity contribution >= 4 is 29.1 Å². The van der Waals surface area contributed by atoms with Crippen LogP contribution in [0.15, 0.2) is 18.2 Å². The monoisotopic (exact) mass is 301 g/mol. The fraction of sp³-hybridized carbons (Fsp3) is 0.500. The minimum absolute atomic E-state index is 0.00686. The Morgan fingerprint density at radius 2 is 2.00 bits per heavy atom. The van der Waals surface area contributed by atoms with E-state index in [0.29, 0.717) is 10.0 Å². The maximum Gasteiger partial charge on any atom is 0.224 e. The van der Waals surface area contributed by atoms with Crippen molar-refractivity contribution in [3.8, 4) is 0 Å². The average molecular weight is 302 g/mol. The van der Waals surface area contributed by atoms with E-state index >= 15 is 0 Å². The number of aliphatic hydroxyl groups is 1. The van der Waals surface area contributed by atoms with Gasteiger partial charge in [-0.3, -0.25) is 4.79 Å². The van der Waals surface area contributed by atoms with Crippen LogP contribution in [-0.2, 0) is 11.2 Å². The molecule has 2 rings (SSSR count). The van der Waals surface area contributed by atoms with E-state index in [1.807, 2.05) is 0 Å². The highest BCUT2D eigenvalue weighted by Crippen LogP contribution is 2.29. The molecule has 1 aliphatic carbocycles. The number of carbonyl (C=O) groups is 1. The molecule has 1 fully saturated rings. The predicted molar refractivity (Wildman–Crippen MR) is 76.6 cm³/mol. The Balaban J connectivity index is 2.01. The third-order valence-corrected chi connectivity index (χ3v) is 4.22. The molecule has 19 heavy (non-hydrogen) atoms. The van der Waals surface area contributed by atoms with Gasteiger partial charge in [0, 0.05) is 10.0 Å². The molecule has 1 amide bonds. The number of nitrogens with one attached hydrogen (secondary N) is 1. The Hall–Kier alpha value is -0.770. The molecule has 1 aromatic rings. The van der Waals surface area contributed by atoms with Gasteiger partial charge in [0.1, 0.15) is 0 Å². The van der Waals surface area contributed by atoms with Gasteiger partial charge in [-0.25, -0.2) is 0 Å². The van der Waals surface area contributed by atoms with Crippen molar-refractivity contribution < 1.29 is 9.90 Å². The van der Waals surface area contributed by atoms with Crippen LogP contribution in [0.25, 0.3) is 0 Å². The summed E-state index contributed by atoms with van der Waals surface area (Å²) in [4.78, 5) is 12.1. The molecule has 0 spiro atoms. The molecule has 0 bridgehead atoms. The van der Waals surface area contributed by atoms with E-state index in [0.717, 1.165) is 31.2 Å². The average Bonchev–Trinajstić information content (AvgIpc) is 2.82. The van der Waals surface area contributed by atoms with Crippen molar-refractivity contribution in [2.45, 2.75) is 37.6 Å². The van der Waals surface area contributed by atoms with Crippen LogP contribution in [0.5, 0.6) is 0 Å². The van der Waals surface area contributed by atoms with Crippen molar-refractivity contribution in [3.05, 3.63) is 33.8 Å². The van der Waals surface area contributed by atoms with Gasteiger partial charge in [-0.2, -0.15) is 0 Å². The quantitative estimate of drug-likeness (QED) is 0.898. The van der Waals surface area contributed by atoms with E-state index in [2.05, 4.69) is 5.32 Å². The molecular weight excluding hydrogens is 285 g/mol. The van der Waals surface area contributed by atoms with Crippen LogP contribution in [0.1, 0.15) is 31.2 Å². The molecule has 0 unspecified atom stereocenters. The Labute approximate surface area is 122 Å². The van der Waals surface area contributed by atoms with E-state index in [-0.39, 0.29) is 18.9 Å². The van der Waals surface area contributed by atoms with Crippen LogP contribution in [-0.4, -0.2) is 23.2 Å². The SMILES string of the molecule is O=C(Cc1ccc(Cl)cc1Cl)NC1(CO)CCCC1. The molecule has 104 valence electrons. The van der Waals surface area contributed by atoms with Crippen LogP contribution in [0, 0.1) is 0 Å². The Kier molecular flexibility index (Phi) is 4.71. The van der Waals surface area contributed by atoms with Crippen molar-refractivity contribution in [2.75, 3.05) is 6.61 Å². The molecule has 0 aliphatic heterocycles. The first kappa shape index (κ1) is 14.6. The van der Waals surface area contributed by atoms with Gasteiger partial charge < -0.3 is 10.4 Å². The van der Waals surface area contributed by atoms with Gasteiger partial charge in [0.25, 0.3) is 0 Å². The predicted octanol–water partition coefficient (Wildman–Crippen LogP) is 2.96. The fourth-order valence-corrected chi connectivity index (χ4v) is 3.03. The standard InChI is InChI=1S/C14H17Cl2NO2/c15-11-4-3-10(12(16)8-11)7-13(19)17-14(9-18)5-1-2-6-14/h3-4,8,18H,1-2,5-7,9H2,(H,17,19). The summed E-state index contributed by atoms with van der Waals surface area (Å²) >= 11 is 11.9. The second-order valence-corrected chi connectivity index (χ2v) is 5.95. The van der Waals surface area contributed by atoms with Crippen molar-refractivity contribution in [1.82, 2.24) is 5.32 Å². The summed E-state index contributed by atoms with van der Waals surface area (Å²) in [6.45, 7) is -0.00686. The summed E-state index contributed by atoms with van der Waals surface area (Å²) in [5.74, 6) is -0.111. The highest BCUT2D eigenvalue weighted by molar-refractivity contribution is 6.35. The van der Waals surface area contributed by atoms with E-state index in [4.69, 9.17) is 23.2 Å². The zero-order valence-electron chi connectivity index (χ0n) is 10.6. The van der Waals surface area contributed by atoms with Crippen LogP contribution < -0.4 is 5.32 Å². The summed E-state index contributed by atoms with van der Waals surface area (Å²) in [6, 6.07) is 5.10. The first-order chi connectivity index (χ1) is 9.04. The number of aliphatic hydroxyl groups excluding tert-OH is 1. The molecule has 3 nitrogen and oxygen atoms in total. The lowest BCUT2D eigenvalue weighted by molar-refractivity contribution is -0.122. The smallest absolute Gasteiger partial charge is 0.224 e. The fourth-order valence-electron chi connectivity index (χ4n) is 2.55. The minimum atomic E-state index is -0.435. The van der Waals surface area contributed by atoms with Crippen molar-refractivity contribution in [2.24, 2.45) is 0 Å². The molecule has 0 aromatic heterocycles. The lowest BCUT2D eigenvalue weighted by Crippen LogP contribution is -2.49. The molecule has 1 aromatic carbocycles. The molecule has 1 aliphatic rings. The molecule has 2 N–H and O–H groups in total. The van der Waals surface area contributed by atoms with Gasteiger partial charge in [-0.15, -0.1) is 0 Å². The van der Waals surface area contributed by atoms with Crippen LogP contribution in [0.2, 0.25) is 10.0 Å². The summed E-state index contributed by atoms with van der Waals surface area (Å²) in [5.41, 5.74) is 0.311. The van der Waals surface area contributed by atoms with Gasteiger partial charge in [0.2, 0.25) is 5.91 Å². The largest absolute Gasteiger partial charge is 0.394 e. The van der Waals surface area contributed by atoms with E-state index in [1.165, 1.54) is 0 Å². The Bertz CT molecular complexity index is 471. The van der Waals surface area contributed by atoms with Crippen molar-refractivity contribution in [3.63, 3.8) is 0 Å². The van der Waals surface area contributed by atoms with E-state index < -0.39 is 5.54 Å². The van der Waals surface area contributed by atoms with E-state index in [9.17, 15) is 9.90 Å². The topological polar surface area (TPSA) is 49.3 Å². The first-order valence-electron chi connectivity index (χ1n) is 6.40. The lowest BCUT2D eigenvalue weighted by atomic mass is 9.98. The van der Waals surface area contributed by atoms with Gasteiger partial charge in [0.05, 0.1) is 18.6 Å². The van der Waals surface area contributed by atoms with Crippen LogP contribution in [0.3, 0.4) is 0 Å². The number of amides is 1. The number of halogens is 2. The maximum atomic E-state index is 12.1. The Morgan fingerprint density at radius 1 is 1.32 bits per heavy atom. The molecular formula is C14H17Cl2NO2. The summed E-state index contributed by atoms with van der Waals surface area (Å²) in [5, 5.41) is 13.5.